The summed E-state index contributed by atoms with van der Waals surface area (Å²) < 4.78 is 0. The fourth-order valence-electron chi connectivity index (χ4n) is 4.74. The van der Waals surface area contributed by atoms with Gasteiger partial charge in [0.15, 0.2) is 0 Å². The fraction of sp³-hybridized carbons (Fsp3) is 0.185. The van der Waals surface area contributed by atoms with E-state index in [4.69, 9.17) is 23.2 Å². The maximum atomic E-state index is 13.5. The highest BCUT2D eigenvalue weighted by Gasteiger charge is 2.38. The Bertz CT molecular complexity index is 1420. The van der Waals surface area contributed by atoms with Gasteiger partial charge in [-0.3, -0.25) is 14.6 Å². The van der Waals surface area contributed by atoms with Gasteiger partial charge in [0.25, 0.3) is 5.56 Å². The summed E-state index contributed by atoms with van der Waals surface area (Å²) in [4.78, 5) is 29.4. The second-order valence-corrected chi connectivity index (χ2v) is 9.27. The first kappa shape index (κ1) is 22.7. The van der Waals surface area contributed by atoms with Crippen molar-refractivity contribution in [1.82, 2.24) is 15.4 Å². The summed E-state index contributed by atoms with van der Waals surface area (Å²) in [6, 6.07) is 22.1. The third-order valence-corrected chi connectivity index (χ3v) is 6.80. The third kappa shape index (κ3) is 4.11. The van der Waals surface area contributed by atoms with E-state index in [1.807, 2.05) is 73.7 Å². The van der Waals surface area contributed by atoms with Crippen molar-refractivity contribution in [3.63, 3.8) is 0 Å². The topological polar surface area (TPSA) is 65.2 Å². The molecule has 2 N–H and O–H groups in total. The third-order valence-electron chi connectivity index (χ3n) is 6.32. The number of aromatic nitrogens is 1. The molecule has 1 aliphatic heterocycles. The van der Waals surface area contributed by atoms with Gasteiger partial charge in [-0.15, -0.1) is 0 Å². The van der Waals surface area contributed by atoms with Crippen LogP contribution < -0.4 is 11.0 Å². The molecule has 0 radical (unpaired) electrons. The van der Waals surface area contributed by atoms with Gasteiger partial charge in [0.05, 0.1) is 12.1 Å². The zero-order valence-corrected chi connectivity index (χ0v) is 20.0. The molecule has 0 spiro atoms. The molecule has 0 bridgehead atoms. The minimum absolute atomic E-state index is 0.0380. The molecule has 5 nitrogen and oxygen atoms in total. The van der Waals surface area contributed by atoms with Crippen molar-refractivity contribution < 1.29 is 4.79 Å². The summed E-state index contributed by atoms with van der Waals surface area (Å²) in [6.07, 6.45) is 0.890. The van der Waals surface area contributed by atoms with Gasteiger partial charge in [0.2, 0.25) is 5.91 Å². The Morgan fingerprint density at radius 2 is 1.71 bits per heavy atom. The van der Waals surface area contributed by atoms with Crippen LogP contribution in [0.1, 0.15) is 43.0 Å². The first-order chi connectivity index (χ1) is 16.5. The van der Waals surface area contributed by atoms with Gasteiger partial charge >= 0.3 is 0 Å². The molecule has 1 amide bonds. The SMILES string of the molecule is CCC(=O)N1NC(c2c(-c3ccccc3)c3cc(Cl)ccc3[nH]c2=O)CC1c1ccc(Cl)cc1. The first-order valence-electron chi connectivity index (χ1n) is 11.2. The van der Waals surface area contributed by atoms with Gasteiger partial charge in [-0.05, 0) is 47.9 Å². The largest absolute Gasteiger partial charge is 0.322 e. The summed E-state index contributed by atoms with van der Waals surface area (Å²) in [5.74, 6) is -0.0380. The average molecular weight is 492 g/mol. The number of fused-ring (bicyclic) bond motifs is 1. The second-order valence-electron chi connectivity index (χ2n) is 8.40. The minimum Gasteiger partial charge on any atom is -0.322 e. The van der Waals surface area contributed by atoms with Crippen LogP contribution in [0.2, 0.25) is 10.0 Å². The average Bonchev–Trinajstić information content (AvgIpc) is 3.29. The van der Waals surface area contributed by atoms with Crippen LogP contribution in [0.25, 0.3) is 22.0 Å². The number of hydrogen-bond donors (Lipinski definition) is 2. The predicted molar refractivity (Wildman–Crippen MR) is 137 cm³/mol. The van der Waals surface area contributed by atoms with Crippen molar-refractivity contribution in [1.29, 1.82) is 0 Å². The van der Waals surface area contributed by atoms with Crippen LogP contribution in [0, 0.1) is 0 Å². The van der Waals surface area contributed by atoms with E-state index in [0.717, 1.165) is 22.1 Å². The Morgan fingerprint density at radius 1 is 1.00 bits per heavy atom. The maximum absolute atomic E-state index is 13.5. The quantitative estimate of drug-likeness (QED) is 0.345. The van der Waals surface area contributed by atoms with E-state index in [0.29, 0.717) is 34.0 Å². The van der Waals surface area contributed by atoms with Gasteiger partial charge in [-0.25, -0.2) is 5.43 Å². The first-order valence-corrected chi connectivity index (χ1v) is 12.0. The van der Waals surface area contributed by atoms with Crippen LogP contribution in [0.4, 0.5) is 0 Å². The molecule has 1 aliphatic rings. The monoisotopic (exact) mass is 491 g/mol. The van der Waals surface area contributed by atoms with Crippen molar-refractivity contribution in [3.05, 3.63) is 104 Å². The number of benzene rings is 3. The number of pyridine rings is 1. The number of hydrazine groups is 1. The number of aromatic amines is 1. The number of carbonyl (C=O) groups is 1. The van der Waals surface area contributed by atoms with Gasteiger partial charge in [-0.1, -0.05) is 72.6 Å². The number of amides is 1. The number of carbonyl (C=O) groups excluding carboxylic acids is 1. The van der Waals surface area contributed by atoms with E-state index >= 15 is 0 Å². The molecule has 2 heterocycles. The summed E-state index contributed by atoms with van der Waals surface area (Å²) in [6.45, 7) is 1.83. The second kappa shape index (κ2) is 9.26. The van der Waals surface area contributed by atoms with Crippen LogP contribution >= 0.6 is 23.2 Å². The van der Waals surface area contributed by atoms with Gasteiger partial charge in [0.1, 0.15) is 0 Å². The van der Waals surface area contributed by atoms with Crippen molar-refractivity contribution in [2.75, 3.05) is 0 Å². The van der Waals surface area contributed by atoms with Crippen LogP contribution in [0.15, 0.2) is 77.6 Å². The predicted octanol–water partition coefficient (Wildman–Crippen LogP) is 6.43. The smallest absolute Gasteiger partial charge is 0.253 e. The number of halogens is 2. The van der Waals surface area contributed by atoms with Crippen molar-refractivity contribution in [3.8, 4) is 11.1 Å². The molecule has 0 aliphatic carbocycles. The van der Waals surface area contributed by atoms with Crippen LogP contribution in [0.5, 0.6) is 0 Å². The molecule has 1 aromatic heterocycles. The van der Waals surface area contributed by atoms with Crippen molar-refractivity contribution >= 4 is 40.0 Å². The summed E-state index contributed by atoms with van der Waals surface area (Å²) in [7, 11) is 0. The molecule has 7 heteroatoms. The van der Waals surface area contributed by atoms with E-state index in [1.165, 1.54) is 0 Å². The maximum Gasteiger partial charge on any atom is 0.253 e. The normalized spacial score (nSPS) is 17.9. The van der Waals surface area contributed by atoms with E-state index in [-0.39, 0.29) is 23.6 Å². The number of hydrogen-bond acceptors (Lipinski definition) is 3. The molecule has 1 fully saturated rings. The minimum atomic E-state index is -0.376. The van der Waals surface area contributed by atoms with Gasteiger partial charge in [0, 0.05) is 38.5 Å². The summed E-state index contributed by atoms with van der Waals surface area (Å²) in [5.41, 5.74) is 7.16. The van der Waals surface area contributed by atoms with Crippen LogP contribution in [-0.2, 0) is 4.79 Å². The zero-order chi connectivity index (χ0) is 23.8. The molecule has 3 aromatic carbocycles. The molecular weight excluding hydrogens is 469 g/mol. The summed E-state index contributed by atoms with van der Waals surface area (Å²) in [5, 5.41) is 3.74. The van der Waals surface area contributed by atoms with Crippen molar-refractivity contribution in [2.45, 2.75) is 31.8 Å². The molecule has 0 saturated carbocycles. The molecule has 5 rings (SSSR count). The van der Waals surface area contributed by atoms with Crippen molar-refractivity contribution in [2.24, 2.45) is 0 Å². The highest BCUT2D eigenvalue weighted by molar-refractivity contribution is 6.31. The Balaban J connectivity index is 1.69. The number of nitrogens with zero attached hydrogens (tertiary/aromatic N) is 1. The van der Waals surface area contributed by atoms with Crippen LogP contribution in [-0.4, -0.2) is 15.9 Å². The fourth-order valence-corrected chi connectivity index (χ4v) is 5.03. The van der Waals surface area contributed by atoms with Gasteiger partial charge < -0.3 is 4.98 Å². The standard InChI is InChI=1S/C27H23Cl2N3O2/c1-2-24(33)32-23(16-8-10-18(28)11-9-16)15-22(31-32)26-25(17-6-4-3-5-7-17)20-14-19(29)12-13-21(20)30-27(26)34/h3-14,22-23,31H,2,15H2,1H3,(H,30,34). The molecule has 34 heavy (non-hydrogen) atoms. The lowest BCUT2D eigenvalue weighted by Crippen LogP contribution is -2.39. The Morgan fingerprint density at radius 3 is 2.41 bits per heavy atom. The summed E-state index contributed by atoms with van der Waals surface area (Å²) >= 11 is 12.5. The van der Waals surface area contributed by atoms with Crippen LogP contribution in [0.3, 0.4) is 0 Å². The van der Waals surface area contributed by atoms with E-state index in [9.17, 15) is 9.59 Å². The Labute approximate surface area is 207 Å². The van der Waals surface area contributed by atoms with E-state index in [1.54, 1.807) is 11.1 Å². The number of H-pyrrole nitrogens is 1. The molecule has 2 atom stereocenters. The molecule has 4 aromatic rings. The van der Waals surface area contributed by atoms with E-state index in [2.05, 4.69) is 10.4 Å². The highest BCUT2D eigenvalue weighted by atomic mass is 35.5. The number of rotatable bonds is 4. The number of nitrogens with one attached hydrogen (secondary N) is 2. The lowest BCUT2D eigenvalue weighted by Gasteiger charge is -2.24. The Kier molecular flexibility index (Phi) is 6.17. The van der Waals surface area contributed by atoms with E-state index < -0.39 is 0 Å². The molecule has 172 valence electrons. The molecular formula is C27H23Cl2N3O2. The lowest BCUT2D eigenvalue weighted by atomic mass is 9.90. The Hall–Kier alpha value is -3.12. The molecule has 1 saturated heterocycles. The molecule has 2 unspecified atom stereocenters. The lowest BCUT2D eigenvalue weighted by molar-refractivity contribution is -0.135. The highest BCUT2D eigenvalue weighted by Crippen LogP contribution is 2.41. The zero-order valence-electron chi connectivity index (χ0n) is 18.5. The van der Waals surface area contributed by atoms with Gasteiger partial charge in [-0.2, -0.15) is 0 Å².